The number of Topliss-reactive ketones (excluding diaryl/α,β-unsaturated/α-hetero) is 1. The molecule has 1 fully saturated rings. The zero-order chi connectivity index (χ0) is 16.5. The van der Waals surface area contributed by atoms with Crippen LogP contribution in [0.4, 0.5) is 0 Å². The molecule has 2 aliphatic rings. The van der Waals surface area contributed by atoms with E-state index in [9.17, 15) is 13.2 Å². The van der Waals surface area contributed by atoms with Crippen LogP contribution in [0.25, 0.3) is 0 Å². The lowest BCUT2D eigenvalue weighted by atomic mass is 9.84. The van der Waals surface area contributed by atoms with Gasteiger partial charge in [0.2, 0.25) is 0 Å². The summed E-state index contributed by atoms with van der Waals surface area (Å²) in [6, 6.07) is 7.43. The Hall–Kier alpha value is -1.40. The van der Waals surface area contributed by atoms with Gasteiger partial charge in [0.25, 0.3) is 0 Å². The van der Waals surface area contributed by atoms with Crippen molar-refractivity contribution in [3.8, 4) is 5.75 Å². The van der Waals surface area contributed by atoms with Gasteiger partial charge in [-0.1, -0.05) is 12.1 Å². The van der Waals surface area contributed by atoms with Crippen LogP contribution in [0, 0.1) is 0 Å². The molecule has 0 amide bonds. The molecular formula is C17H23NO4S. The smallest absolute Gasteiger partial charge is 0.170 e. The van der Waals surface area contributed by atoms with E-state index >= 15 is 0 Å². The van der Waals surface area contributed by atoms with Gasteiger partial charge in [0.15, 0.2) is 5.78 Å². The minimum absolute atomic E-state index is 0.149. The van der Waals surface area contributed by atoms with Gasteiger partial charge in [-0.2, -0.15) is 0 Å². The largest absolute Gasteiger partial charge is 0.486 e. The normalized spacial score (nSPS) is 25.7. The summed E-state index contributed by atoms with van der Waals surface area (Å²) in [4.78, 5) is 14.6. The molecule has 2 aliphatic heterocycles. The fourth-order valence-corrected chi connectivity index (χ4v) is 4.05. The second-order valence-electron chi connectivity index (χ2n) is 6.71. The second kappa shape index (κ2) is 6.24. The summed E-state index contributed by atoms with van der Waals surface area (Å²) < 4.78 is 28.9. The standard InChI is InChI=1S/C17H23NO4S/c1-23(20,21)12-11-18-9-4-7-17(8-10-18)13-15(19)14-5-2-3-6-16(14)22-17/h2-3,5-6H,4,7-13H2,1H3. The number of benzene rings is 1. The monoisotopic (exact) mass is 337 g/mol. The molecule has 1 spiro atoms. The number of ether oxygens (including phenoxy) is 1. The zero-order valence-electron chi connectivity index (χ0n) is 13.5. The number of rotatable bonds is 3. The summed E-state index contributed by atoms with van der Waals surface area (Å²) >= 11 is 0. The summed E-state index contributed by atoms with van der Waals surface area (Å²) in [7, 11) is -2.94. The van der Waals surface area contributed by atoms with Crippen LogP contribution in [-0.2, 0) is 9.84 Å². The first-order valence-corrected chi connectivity index (χ1v) is 10.1. The molecule has 1 aromatic rings. The SMILES string of the molecule is CS(=O)(=O)CCN1CCCC2(CC1)CC(=O)c1ccccc1O2. The van der Waals surface area contributed by atoms with E-state index < -0.39 is 15.4 Å². The fraction of sp³-hybridized carbons (Fsp3) is 0.588. The molecule has 126 valence electrons. The van der Waals surface area contributed by atoms with Crippen molar-refractivity contribution < 1.29 is 17.9 Å². The Kier molecular flexibility index (Phi) is 4.47. The Morgan fingerprint density at radius 2 is 2.00 bits per heavy atom. The van der Waals surface area contributed by atoms with E-state index in [1.165, 1.54) is 6.26 Å². The molecule has 6 heteroatoms. The fourth-order valence-electron chi connectivity index (χ4n) is 3.46. The van der Waals surface area contributed by atoms with Gasteiger partial charge >= 0.3 is 0 Å². The van der Waals surface area contributed by atoms with Crippen molar-refractivity contribution in [2.24, 2.45) is 0 Å². The maximum absolute atomic E-state index is 12.4. The number of hydrogen-bond donors (Lipinski definition) is 0. The minimum Gasteiger partial charge on any atom is -0.486 e. The van der Waals surface area contributed by atoms with Crippen molar-refractivity contribution in [2.75, 3.05) is 31.6 Å². The molecule has 0 aliphatic carbocycles. The molecule has 1 aromatic carbocycles. The van der Waals surface area contributed by atoms with E-state index in [-0.39, 0.29) is 11.5 Å². The van der Waals surface area contributed by atoms with Crippen molar-refractivity contribution in [1.82, 2.24) is 4.90 Å². The van der Waals surface area contributed by atoms with Gasteiger partial charge in [0, 0.05) is 25.8 Å². The highest BCUT2D eigenvalue weighted by atomic mass is 32.2. The van der Waals surface area contributed by atoms with Gasteiger partial charge in [-0.05, 0) is 31.5 Å². The molecule has 0 radical (unpaired) electrons. The third-order valence-corrected chi connectivity index (χ3v) is 5.69. The van der Waals surface area contributed by atoms with E-state index in [4.69, 9.17) is 4.74 Å². The van der Waals surface area contributed by atoms with Crippen LogP contribution in [0.15, 0.2) is 24.3 Å². The number of fused-ring (bicyclic) bond motifs is 1. The van der Waals surface area contributed by atoms with Crippen LogP contribution >= 0.6 is 0 Å². The van der Waals surface area contributed by atoms with Crippen LogP contribution in [0.1, 0.15) is 36.0 Å². The molecule has 1 saturated heterocycles. The second-order valence-corrected chi connectivity index (χ2v) is 8.97. The number of carbonyl (C=O) groups is 1. The Morgan fingerprint density at radius 3 is 2.78 bits per heavy atom. The van der Waals surface area contributed by atoms with Gasteiger partial charge in [0.05, 0.1) is 17.7 Å². The highest BCUT2D eigenvalue weighted by Crippen LogP contribution is 2.39. The maximum atomic E-state index is 12.4. The number of likely N-dealkylation sites (tertiary alicyclic amines) is 1. The van der Waals surface area contributed by atoms with E-state index in [0.29, 0.717) is 24.3 Å². The lowest BCUT2D eigenvalue weighted by molar-refractivity contribution is 0.0302. The number of sulfone groups is 1. The van der Waals surface area contributed by atoms with Crippen LogP contribution < -0.4 is 4.74 Å². The first kappa shape index (κ1) is 16.5. The Labute approximate surface area is 137 Å². The summed E-state index contributed by atoms with van der Waals surface area (Å²) in [6.45, 7) is 2.18. The highest BCUT2D eigenvalue weighted by Gasteiger charge is 2.41. The van der Waals surface area contributed by atoms with Crippen molar-refractivity contribution in [1.29, 1.82) is 0 Å². The first-order chi connectivity index (χ1) is 10.9. The Morgan fingerprint density at radius 1 is 1.22 bits per heavy atom. The molecule has 3 rings (SSSR count). The van der Waals surface area contributed by atoms with E-state index in [0.717, 1.165) is 32.4 Å². The van der Waals surface area contributed by atoms with Crippen molar-refractivity contribution in [3.63, 3.8) is 0 Å². The topological polar surface area (TPSA) is 63.7 Å². The average molecular weight is 337 g/mol. The summed E-state index contributed by atoms with van der Waals surface area (Å²) in [5.41, 5.74) is 0.252. The predicted molar refractivity (Wildman–Crippen MR) is 88.8 cm³/mol. The van der Waals surface area contributed by atoms with Crippen LogP contribution in [0.5, 0.6) is 5.75 Å². The van der Waals surface area contributed by atoms with Gasteiger partial charge in [0.1, 0.15) is 21.2 Å². The quantitative estimate of drug-likeness (QED) is 0.843. The Bertz CT molecular complexity index is 700. The molecule has 0 saturated carbocycles. The molecule has 23 heavy (non-hydrogen) atoms. The summed E-state index contributed by atoms with van der Waals surface area (Å²) in [5, 5.41) is 0. The van der Waals surface area contributed by atoms with Gasteiger partial charge < -0.3 is 9.64 Å². The molecule has 1 unspecified atom stereocenters. The number of nitrogens with zero attached hydrogens (tertiary/aromatic N) is 1. The van der Waals surface area contributed by atoms with E-state index in [2.05, 4.69) is 4.90 Å². The predicted octanol–water partition coefficient (Wildman–Crippen LogP) is 1.92. The molecule has 1 atom stereocenters. The third-order valence-electron chi connectivity index (χ3n) is 4.77. The highest BCUT2D eigenvalue weighted by molar-refractivity contribution is 7.90. The molecule has 0 aromatic heterocycles. The molecule has 0 N–H and O–H groups in total. The third kappa shape index (κ3) is 3.93. The van der Waals surface area contributed by atoms with Gasteiger partial charge in [-0.25, -0.2) is 8.42 Å². The van der Waals surface area contributed by atoms with E-state index in [1.54, 1.807) is 0 Å². The van der Waals surface area contributed by atoms with Gasteiger partial charge in [-0.15, -0.1) is 0 Å². The van der Waals surface area contributed by atoms with E-state index in [1.807, 2.05) is 24.3 Å². The number of carbonyl (C=O) groups excluding carboxylic acids is 1. The molecule has 0 bridgehead atoms. The summed E-state index contributed by atoms with van der Waals surface area (Å²) in [6.07, 6.45) is 4.20. The van der Waals surface area contributed by atoms with Crippen LogP contribution in [-0.4, -0.2) is 56.3 Å². The van der Waals surface area contributed by atoms with Crippen molar-refractivity contribution in [3.05, 3.63) is 29.8 Å². The lowest BCUT2D eigenvalue weighted by Gasteiger charge is -2.37. The summed E-state index contributed by atoms with van der Waals surface area (Å²) in [5.74, 6) is 1.02. The maximum Gasteiger partial charge on any atom is 0.170 e. The molecular weight excluding hydrogens is 314 g/mol. The van der Waals surface area contributed by atoms with Gasteiger partial charge in [-0.3, -0.25) is 4.79 Å². The minimum atomic E-state index is -2.94. The number of ketones is 1. The number of hydrogen-bond acceptors (Lipinski definition) is 5. The van der Waals surface area contributed by atoms with Crippen LogP contribution in [0.2, 0.25) is 0 Å². The Balaban J connectivity index is 1.69. The average Bonchev–Trinajstić information content (AvgIpc) is 2.67. The van der Waals surface area contributed by atoms with Crippen molar-refractivity contribution >= 4 is 15.6 Å². The first-order valence-electron chi connectivity index (χ1n) is 8.08. The molecule has 5 nitrogen and oxygen atoms in total. The zero-order valence-corrected chi connectivity index (χ0v) is 14.3. The molecule has 2 heterocycles. The lowest BCUT2D eigenvalue weighted by Crippen LogP contribution is -2.43. The van der Waals surface area contributed by atoms with Crippen LogP contribution in [0.3, 0.4) is 0 Å². The van der Waals surface area contributed by atoms with Crippen molar-refractivity contribution in [2.45, 2.75) is 31.3 Å². The number of para-hydroxylation sites is 1.